The molecule has 3 unspecified atom stereocenters. The van der Waals surface area contributed by atoms with Gasteiger partial charge in [0.2, 0.25) is 5.91 Å². The van der Waals surface area contributed by atoms with E-state index >= 15 is 0 Å². The summed E-state index contributed by atoms with van der Waals surface area (Å²) in [6.45, 7) is 8.42. The van der Waals surface area contributed by atoms with Crippen LogP contribution in [-0.4, -0.2) is 23.3 Å². The Hall–Kier alpha value is -1.38. The van der Waals surface area contributed by atoms with Crippen molar-refractivity contribution in [2.24, 2.45) is 23.7 Å². The van der Waals surface area contributed by atoms with Gasteiger partial charge in [-0.1, -0.05) is 25.5 Å². The first-order chi connectivity index (χ1) is 9.06. The van der Waals surface area contributed by atoms with Gasteiger partial charge in [-0.15, -0.1) is 6.58 Å². The van der Waals surface area contributed by atoms with Crippen molar-refractivity contribution in [1.29, 1.82) is 0 Å². The Balaban J connectivity index is 1.96. The number of nitrogens with zero attached hydrogens (tertiary/aromatic N) is 1. The SMILES string of the molecule is C=CCN1C(=O)C2=C3CCC(C3CC(C)C)C2C1=O. The van der Waals surface area contributed by atoms with Crippen LogP contribution in [0.5, 0.6) is 0 Å². The van der Waals surface area contributed by atoms with Gasteiger partial charge in [-0.2, -0.15) is 0 Å². The van der Waals surface area contributed by atoms with E-state index in [1.807, 2.05) is 0 Å². The highest BCUT2D eigenvalue weighted by Gasteiger charge is 2.57. The molecule has 3 aliphatic rings. The van der Waals surface area contributed by atoms with Crippen LogP contribution < -0.4 is 0 Å². The van der Waals surface area contributed by atoms with Gasteiger partial charge in [0, 0.05) is 12.1 Å². The molecule has 3 nitrogen and oxygen atoms in total. The van der Waals surface area contributed by atoms with Gasteiger partial charge in [0.05, 0.1) is 5.92 Å². The topological polar surface area (TPSA) is 37.4 Å². The zero-order valence-electron chi connectivity index (χ0n) is 11.7. The second kappa shape index (κ2) is 4.32. The molecule has 2 fully saturated rings. The zero-order chi connectivity index (χ0) is 13.7. The number of carbonyl (C=O) groups is 2. The van der Waals surface area contributed by atoms with Crippen LogP contribution in [0.4, 0.5) is 0 Å². The molecule has 2 amide bonds. The summed E-state index contributed by atoms with van der Waals surface area (Å²) in [6, 6.07) is 0. The lowest BCUT2D eigenvalue weighted by molar-refractivity contribution is -0.139. The number of allylic oxidation sites excluding steroid dienone is 1. The van der Waals surface area contributed by atoms with Crippen molar-refractivity contribution in [3.63, 3.8) is 0 Å². The Bertz CT molecular complexity index is 489. The second-order valence-electron chi connectivity index (χ2n) is 6.40. The highest BCUT2D eigenvalue weighted by molar-refractivity contribution is 6.16. The lowest BCUT2D eigenvalue weighted by atomic mass is 9.83. The van der Waals surface area contributed by atoms with Gasteiger partial charge in [-0.05, 0) is 37.0 Å². The molecule has 1 aliphatic heterocycles. The number of rotatable bonds is 4. The number of fused-ring (bicyclic) bond motifs is 4. The van der Waals surface area contributed by atoms with E-state index in [1.54, 1.807) is 6.08 Å². The molecule has 1 heterocycles. The maximum absolute atomic E-state index is 12.4. The Morgan fingerprint density at radius 2 is 2.16 bits per heavy atom. The maximum atomic E-state index is 12.4. The molecule has 0 radical (unpaired) electrons. The smallest absolute Gasteiger partial charge is 0.257 e. The van der Waals surface area contributed by atoms with E-state index in [1.165, 1.54) is 10.5 Å². The molecule has 0 aromatic heterocycles. The fourth-order valence-corrected chi connectivity index (χ4v) is 4.23. The van der Waals surface area contributed by atoms with Crippen LogP contribution in [-0.2, 0) is 9.59 Å². The summed E-state index contributed by atoms with van der Waals surface area (Å²) in [5, 5.41) is 0. The monoisotopic (exact) mass is 259 g/mol. The molecule has 2 aliphatic carbocycles. The van der Waals surface area contributed by atoms with E-state index in [4.69, 9.17) is 0 Å². The molecule has 102 valence electrons. The second-order valence-corrected chi connectivity index (χ2v) is 6.40. The normalized spacial score (nSPS) is 32.8. The third-order valence-corrected chi connectivity index (χ3v) is 4.84. The molecule has 19 heavy (non-hydrogen) atoms. The largest absolute Gasteiger partial charge is 0.274 e. The number of hydrogen-bond donors (Lipinski definition) is 0. The Labute approximate surface area is 114 Å². The Morgan fingerprint density at radius 3 is 2.74 bits per heavy atom. The average Bonchev–Trinajstić information content (AvgIpc) is 2.95. The summed E-state index contributed by atoms with van der Waals surface area (Å²) < 4.78 is 0. The van der Waals surface area contributed by atoms with Gasteiger partial charge >= 0.3 is 0 Å². The first-order valence-electron chi connectivity index (χ1n) is 7.25. The fraction of sp³-hybridized carbons (Fsp3) is 0.625. The molecule has 0 spiro atoms. The van der Waals surface area contributed by atoms with E-state index < -0.39 is 0 Å². The molecule has 3 heteroatoms. The van der Waals surface area contributed by atoms with Gasteiger partial charge < -0.3 is 0 Å². The lowest BCUT2D eigenvalue weighted by Gasteiger charge is -2.21. The van der Waals surface area contributed by atoms with Crippen molar-refractivity contribution in [1.82, 2.24) is 4.90 Å². The van der Waals surface area contributed by atoms with Gasteiger partial charge in [0.25, 0.3) is 5.91 Å². The number of imide groups is 1. The van der Waals surface area contributed by atoms with E-state index in [-0.39, 0.29) is 17.7 Å². The number of likely N-dealkylation sites (tertiary alicyclic amines) is 1. The van der Waals surface area contributed by atoms with Gasteiger partial charge in [0.15, 0.2) is 0 Å². The maximum Gasteiger partial charge on any atom is 0.257 e. The molecule has 0 aromatic carbocycles. The van der Waals surface area contributed by atoms with Gasteiger partial charge in [0.1, 0.15) is 0 Å². The minimum absolute atomic E-state index is 0.0216. The minimum Gasteiger partial charge on any atom is -0.274 e. The summed E-state index contributed by atoms with van der Waals surface area (Å²) in [5.41, 5.74) is 2.15. The molecule has 1 saturated heterocycles. The van der Waals surface area contributed by atoms with Crippen molar-refractivity contribution in [3.8, 4) is 0 Å². The van der Waals surface area contributed by atoms with E-state index in [9.17, 15) is 9.59 Å². The number of hydrogen-bond acceptors (Lipinski definition) is 2. The predicted molar refractivity (Wildman–Crippen MR) is 73.1 cm³/mol. The summed E-state index contributed by atoms with van der Waals surface area (Å²) in [6.07, 6.45) is 4.86. The zero-order valence-corrected chi connectivity index (χ0v) is 11.7. The van der Waals surface area contributed by atoms with Crippen molar-refractivity contribution >= 4 is 11.8 Å². The van der Waals surface area contributed by atoms with E-state index in [0.29, 0.717) is 24.3 Å². The van der Waals surface area contributed by atoms with Crippen molar-refractivity contribution in [2.45, 2.75) is 33.1 Å². The molecular formula is C16H21NO2. The molecule has 0 N–H and O–H groups in total. The van der Waals surface area contributed by atoms with Crippen LogP contribution >= 0.6 is 0 Å². The van der Waals surface area contributed by atoms with Crippen LogP contribution in [0.3, 0.4) is 0 Å². The molecule has 1 saturated carbocycles. The van der Waals surface area contributed by atoms with Crippen molar-refractivity contribution < 1.29 is 9.59 Å². The summed E-state index contributed by atoms with van der Waals surface area (Å²) in [5.74, 6) is 1.35. The summed E-state index contributed by atoms with van der Waals surface area (Å²) >= 11 is 0. The Kier molecular flexibility index (Phi) is 2.88. The third kappa shape index (κ3) is 1.63. The molecule has 0 aromatic rings. The highest BCUT2D eigenvalue weighted by atomic mass is 16.2. The predicted octanol–water partition coefficient (Wildman–Crippen LogP) is 2.54. The number of amides is 2. The summed E-state index contributed by atoms with van der Waals surface area (Å²) in [4.78, 5) is 26.2. The third-order valence-electron chi connectivity index (χ3n) is 4.84. The van der Waals surface area contributed by atoms with Crippen LogP contribution in [0.25, 0.3) is 0 Å². The molecule has 2 bridgehead atoms. The van der Waals surface area contributed by atoms with Crippen LogP contribution in [0.1, 0.15) is 33.1 Å². The average molecular weight is 259 g/mol. The van der Waals surface area contributed by atoms with Gasteiger partial charge in [-0.25, -0.2) is 0 Å². The van der Waals surface area contributed by atoms with Gasteiger partial charge in [-0.3, -0.25) is 14.5 Å². The van der Waals surface area contributed by atoms with Crippen molar-refractivity contribution in [2.75, 3.05) is 6.54 Å². The van der Waals surface area contributed by atoms with Crippen LogP contribution in [0, 0.1) is 23.7 Å². The highest BCUT2D eigenvalue weighted by Crippen LogP contribution is 2.57. The molecule has 3 atom stereocenters. The molecular weight excluding hydrogens is 238 g/mol. The van der Waals surface area contributed by atoms with Crippen LogP contribution in [0.2, 0.25) is 0 Å². The van der Waals surface area contributed by atoms with Crippen LogP contribution in [0.15, 0.2) is 23.8 Å². The van der Waals surface area contributed by atoms with E-state index in [0.717, 1.165) is 24.8 Å². The lowest BCUT2D eigenvalue weighted by Crippen LogP contribution is -2.33. The minimum atomic E-state index is -0.125. The fourth-order valence-electron chi connectivity index (χ4n) is 4.23. The quantitative estimate of drug-likeness (QED) is 0.574. The first kappa shape index (κ1) is 12.6. The molecule has 3 rings (SSSR count). The summed E-state index contributed by atoms with van der Waals surface area (Å²) in [7, 11) is 0. The van der Waals surface area contributed by atoms with E-state index in [2.05, 4.69) is 20.4 Å². The number of carbonyl (C=O) groups excluding carboxylic acids is 2. The van der Waals surface area contributed by atoms with Crippen molar-refractivity contribution in [3.05, 3.63) is 23.8 Å². The Morgan fingerprint density at radius 1 is 1.42 bits per heavy atom. The first-order valence-corrected chi connectivity index (χ1v) is 7.25. The standard InChI is InChI=1S/C16H21NO2/c1-4-7-17-15(18)13-10-5-6-11(14(13)16(17)19)12(10)8-9(2)3/h4,9-10,12-13H,1,5-8H2,2-3H3.